The van der Waals surface area contributed by atoms with Gasteiger partial charge in [-0.05, 0) is 43.5 Å². The van der Waals surface area contributed by atoms with E-state index in [0.717, 1.165) is 24.8 Å². The Morgan fingerprint density at radius 3 is 2.71 bits per heavy atom. The molecule has 1 aromatic heterocycles. The van der Waals surface area contributed by atoms with Crippen LogP contribution in [0.5, 0.6) is 0 Å². The molecule has 3 aromatic rings. The van der Waals surface area contributed by atoms with E-state index in [-0.39, 0.29) is 22.4 Å². The maximum absolute atomic E-state index is 13.1. The zero-order chi connectivity index (χ0) is 21.8. The Morgan fingerprint density at radius 1 is 1.13 bits per heavy atom. The molecule has 8 nitrogen and oxygen atoms in total. The molecule has 2 heterocycles. The maximum atomic E-state index is 13.1. The van der Waals surface area contributed by atoms with Crippen LogP contribution in [0.15, 0.2) is 65.8 Å². The summed E-state index contributed by atoms with van der Waals surface area (Å²) in [6.45, 7) is 2.96. The minimum atomic E-state index is -3.65. The van der Waals surface area contributed by atoms with Gasteiger partial charge in [0.1, 0.15) is 6.33 Å². The number of piperidine rings is 1. The van der Waals surface area contributed by atoms with Crippen molar-refractivity contribution in [3.8, 4) is 0 Å². The first-order chi connectivity index (χ1) is 14.9. The van der Waals surface area contributed by atoms with E-state index >= 15 is 0 Å². The number of anilines is 1. The lowest BCUT2D eigenvalue weighted by atomic mass is 10.1. The van der Waals surface area contributed by atoms with Gasteiger partial charge in [0.05, 0.1) is 11.4 Å². The number of carbonyl (C=O) groups excluding carboxylic acids is 1. The van der Waals surface area contributed by atoms with E-state index in [4.69, 9.17) is 0 Å². The van der Waals surface area contributed by atoms with Gasteiger partial charge < -0.3 is 0 Å². The largest absolute Gasteiger partial charge is 0.289 e. The van der Waals surface area contributed by atoms with Crippen LogP contribution >= 0.6 is 0 Å². The molecule has 1 saturated heterocycles. The number of benzene rings is 2. The van der Waals surface area contributed by atoms with Crippen molar-refractivity contribution in [2.24, 2.45) is 0 Å². The number of aromatic nitrogens is 3. The summed E-state index contributed by atoms with van der Waals surface area (Å²) >= 11 is 0. The monoisotopic (exact) mass is 439 g/mol. The van der Waals surface area contributed by atoms with Crippen LogP contribution < -0.4 is 5.32 Å². The van der Waals surface area contributed by atoms with E-state index in [2.05, 4.69) is 15.4 Å². The average Bonchev–Trinajstić information content (AvgIpc) is 3.21. The highest BCUT2D eigenvalue weighted by atomic mass is 32.2. The number of amides is 1. The average molecular weight is 440 g/mol. The van der Waals surface area contributed by atoms with Gasteiger partial charge in [-0.3, -0.25) is 10.1 Å². The van der Waals surface area contributed by atoms with Crippen LogP contribution in [-0.2, 0) is 16.6 Å². The molecule has 0 aliphatic carbocycles. The summed E-state index contributed by atoms with van der Waals surface area (Å²) in [6.07, 6.45) is 4.26. The molecule has 9 heteroatoms. The van der Waals surface area contributed by atoms with Crippen LogP contribution in [0.2, 0.25) is 0 Å². The summed E-state index contributed by atoms with van der Waals surface area (Å²) in [4.78, 5) is 16.9. The quantitative estimate of drug-likeness (QED) is 0.636. The maximum Gasteiger partial charge on any atom is 0.258 e. The van der Waals surface area contributed by atoms with Crippen LogP contribution in [0.3, 0.4) is 0 Å². The number of nitrogens with one attached hydrogen (secondary N) is 1. The van der Waals surface area contributed by atoms with Crippen molar-refractivity contribution in [1.29, 1.82) is 0 Å². The Balaban J connectivity index is 1.47. The van der Waals surface area contributed by atoms with Gasteiger partial charge in [0.2, 0.25) is 16.0 Å². The van der Waals surface area contributed by atoms with Crippen LogP contribution in [0.25, 0.3) is 0 Å². The standard InChI is InChI=1S/C22H25N5O3S/c1-17-8-5-6-13-27(17)31(29,30)20-12-7-11-19(14-20)21(28)24-22-23-16-26(25-22)15-18-9-3-2-4-10-18/h2-4,7,9-12,14,16-17H,5-6,8,13,15H2,1H3,(H,24,25,28). The molecule has 2 aromatic carbocycles. The first-order valence-corrected chi connectivity index (χ1v) is 11.7. The second-order valence-electron chi connectivity index (χ2n) is 7.69. The molecule has 31 heavy (non-hydrogen) atoms. The Bertz CT molecular complexity index is 1160. The molecule has 0 bridgehead atoms. The molecule has 0 spiro atoms. The third-order valence-corrected chi connectivity index (χ3v) is 7.40. The van der Waals surface area contributed by atoms with Crippen LogP contribution in [0.4, 0.5) is 5.95 Å². The van der Waals surface area contributed by atoms with Crippen molar-refractivity contribution in [2.45, 2.75) is 43.7 Å². The number of hydrogen-bond donors (Lipinski definition) is 1. The van der Waals surface area contributed by atoms with Crippen LogP contribution in [0, 0.1) is 0 Å². The van der Waals surface area contributed by atoms with E-state index in [1.54, 1.807) is 23.1 Å². The molecule has 4 rings (SSSR count). The number of rotatable bonds is 6. The minimum absolute atomic E-state index is 0.0472. The first kappa shape index (κ1) is 21.2. The molecule has 1 amide bonds. The molecular weight excluding hydrogens is 414 g/mol. The third kappa shape index (κ3) is 4.83. The normalized spacial score (nSPS) is 17.4. The minimum Gasteiger partial charge on any atom is -0.289 e. The fourth-order valence-electron chi connectivity index (χ4n) is 3.73. The molecule has 1 fully saturated rings. The lowest BCUT2D eigenvalue weighted by molar-refractivity contribution is 0.102. The number of carbonyl (C=O) groups is 1. The zero-order valence-electron chi connectivity index (χ0n) is 17.3. The van der Waals surface area contributed by atoms with Crippen molar-refractivity contribution in [3.63, 3.8) is 0 Å². The lowest BCUT2D eigenvalue weighted by Crippen LogP contribution is -2.41. The van der Waals surface area contributed by atoms with E-state index < -0.39 is 15.9 Å². The number of hydrogen-bond acceptors (Lipinski definition) is 5. The van der Waals surface area contributed by atoms with E-state index in [9.17, 15) is 13.2 Å². The highest BCUT2D eigenvalue weighted by molar-refractivity contribution is 7.89. The van der Waals surface area contributed by atoms with Gasteiger partial charge in [-0.25, -0.2) is 18.1 Å². The summed E-state index contributed by atoms with van der Waals surface area (Å²) < 4.78 is 29.3. The number of sulfonamides is 1. The molecule has 1 N–H and O–H groups in total. The van der Waals surface area contributed by atoms with Crippen molar-refractivity contribution >= 4 is 21.9 Å². The van der Waals surface area contributed by atoms with Gasteiger partial charge in [0.15, 0.2) is 0 Å². The van der Waals surface area contributed by atoms with E-state index in [1.807, 2.05) is 37.3 Å². The SMILES string of the molecule is CC1CCCCN1S(=O)(=O)c1cccc(C(=O)Nc2ncn(Cc3ccccc3)n2)c1. The summed E-state index contributed by atoms with van der Waals surface area (Å²) in [5, 5.41) is 6.91. The Hall–Kier alpha value is -3.04. The summed E-state index contributed by atoms with van der Waals surface area (Å²) in [7, 11) is -3.65. The smallest absolute Gasteiger partial charge is 0.258 e. The topological polar surface area (TPSA) is 97.2 Å². The van der Waals surface area contributed by atoms with Gasteiger partial charge in [-0.15, -0.1) is 5.10 Å². The molecule has 1 aliphatic heterocycles. The molecule has 0 saturated carbocycles. The highest BCUT2D eigenvalue weighted by Crippen LogP contribution is 2.25. The fourth-order valence-corrected chi connectivity index (χ4v) is 5.48. The molecule has 162 valence electrons. The van der Waals surface area contributed by atoms with Crippen molar-refractivity contribution in [2.75, 3.05) is 11.9 Å². The molecule has 1 atom stereocenters. The van der Waals surface area contributed by atoms with Gasteiger partial charge in [-0.2, -0.15) is 4.31 Å². The van der Waals surface area contributed by atoms with E-state index in [1.165, 1.54) is 16.4 Å². The first-order valence-electron chi connectivity index (χ1n) is 10.3. The summed E-state index contributed by atoms with van der Waals surface area (Å²) in [5.41, 5.74) is 1.31. The van der Waals surface area contributed by atoms with Crippen molar-refractivity contribution < 1.29 is 13.2 Å². The summed E-state index contributed by atoms with van der Waals surface area (Å²) in [5.74, 6) is -0.292. The molecular formula is C22H25N5O3S. The van der Waals surface area contributed by atoms with Crippen LogP contribution in [0.1, 0.15) is 42.1 Å². The zero-order valence-corrected chi connectivity index (χ0v) is 18.1. The van der Waals surface area contributed by atoms with Crippen molar-refractivity contribution in [3.05, 3.63) is 72.1 Å². The Kier molecular flexibility index (Phi) is 6.15. The molecule has 1 unspecified atom stereocenters. The Morgan fingerprint density at radius 2 is 1.94 bits per heavy atom. The van der Waals surface area contributed by atoms with Gasteiger partial charge in [0, 0.05) is 18.2 Å². The van der Waals surface area contributed by atoms with Gasteiger partial charge in [0.25, 0.3) is 5.91 Å². The number of nitrogens with zero attached hydrogens (tertiary/aromatic N) is 4. The predicted molar refractivity (Wildman–Crippen MR) is 117 cm³/mol. The fraction of sp³-hybridized carbons (Fsp3) is 0.318. The van der Waals surface area contributed by atoms with Gasteiger partial charge in [-0.1, -0.05) is 42.8 Å². The summed E-state index contributed by atoms with van der Waals surface area (Å²) in [6, 6.07) is 15.8. The van der Waals surface area contributed by atoms with Crippen LogP contribution in [-0.4, -0.2) is 46.0 Å². The predicted octanol–water partition coefficient (Wildman–Crippen LogP) is 3.14. The van der Waals surface area contributed by atoms with E-state index in [0.29, 0.717) is 13.1 Å². The Labute approximate surface area is 182 Å². The molecule has 0 radical (unpaired) electrons. The van der Waals surface area contributed by atoms with Crippen molar-refractivity contribution in [1.82, 2.24) is 19.1 Å². The molecule has 1 aliphatic rings. The lowest BCUT2D eigenvalue weighted by Gasteiger charge is -2.32. The highest BCUT2D eigenvalue weighted by Gasteiger charge is 2.31. The third-order valence-electron chi connectivity index (χ3n) is 5.39. The second-order valence-corrected chi connectivity index (χ2v) is 9.58. The van der Waals surface area contributed by atoms with Gasteiger partial charge >= 0.3 is 0 Å². The second kappa shape index (κ2) is 8.99.